The van der Waals surface area contributed by atoms with Gasteiger partial charge in [-0.2, -0.15) is 0 Å². The van der Waals surface area contributed by atoms with Gasteiger partial charge in [-0.1, -0.05) is 36.7 Å². The van der Waals surface area contributed by atoms with Crippen molar-refractivity contribution in [3.63, 3.8) is 0 Å². The molecule has 0 N–H and O–H groups in total. The Morgan fingerprint density at radius 1 is 1.09 bits per heavy atom. The lowest BCUT2D eigenvalue weighted by Crippen LogP contribution is -2.29. The van der Waals surface area contributed by atoms with Crippen LogP contribution in [0.4, 0.5) is 0 Å². The first-order valence-electron chi connectivity index (χ1n) is 4.71. The second-order valence-corrected chi connectivity index (χ2v) is 5.00. The van der Waals surface area contributed by atoms with E-state index in [4.69, 9.17) is 0 Å². The van der Waals surface area contributed by atoms with E-state index in [9.17, 15) is 0 Å². The van der Waals surface area contributed by atoms with Crippen molar-refractivity contribution in [1.82, 2.24) is 0 Å². The molecular weight excluding hydrogens is 200 g/mol. The van der Waals surface area contributed by atoms with Crippen molar-refractivity contribution >= 4 is 15.9 Å². The van der Waals surface area contributed by atoms with E-state index in [2.05, 4.69) is 36.7 Å². The second-order valence-electron chi connectivity index (χ2n) is 4.35. The highest BCUT2D eigenvalue weighted by Gasteiger charge is 2.29. The molecule has 0 nitrogen and oxygen atoms in total. The van der Waals surface area contributed by atoms with Crippen LogP contribution in [0.5, 0.6) is 0 Å². The van der Waals surface area contributed by atoms with Crippen LogP contribution in [0.15, 0.2) is 0 Å². The van der Waals surface area contributed by atoms with Crippen LogP contribution in [0.2, 0.25) is 0 Å². The van der Waals surface area contributed by atoms with Crippen LogP contribution in [0.1, 0.15) is 33.6 Å². The van der Waals surface area contributed by atoms with Crippen molar-refractivity contribution in [1.29, 1.82) is 0 Å². The molecule has 0 aromatic rings. The van der Waals surface area contributed by atoms with Gasteiger partial charge in [0.2, 0.25) is 0 Å². The molecule has 66 valence electrons. The van der Waals surface area contributed by atoms with Gasteiger partial charge in [0.05, 0.1) is 0 Å². The largest absolute Gasteiger partial charge is 0.0925 e. The third kappa shape index (κ3) is 2.21. The zero-order valence-corrected chi connectivity index (χ0v) is 9.39. The van der Waals surface area contributed by atoms with Crippen molar-refractivity contribution in [2.75, 3.05) is 5.33 Å². The topological polar surface area (TPSA) is 0 Å². The summed E-state index contributed by atoms with van der Waals surface area (Å²) in [6.45, 7) is 7.19. The lowest BCUT2D eigenvalue weighted by Gasteiger charge is -2.36. The Balaban J connectivity index is 2.52. The molecule has 0 heterocycles. The molecule has 1 saturated carbocycles. The summed E-state index contributed by atoms with van der Waals surface area (Å²) in [4.78, 5) is 0. The minimum Gasteiger partial charge on any atom is -0.0925 e. The first kappa shape index (κ1) is 9.57. The molecule has 0 aromatic heterocycles. The number of rotatable bonds is 1. The number of hydrogen-bond acceptors (Lipinski definition) is 0. The molecule has 1 fully saturated rings. The van der Waals surface area contributed by atoms with E-state index in [0.29, 0.717) is 0 Å². The molecule has 0 saturated heterocycles. The monoisotopic (exact) mass is 218 g/mol. The zero-order valence-electron chi connectivity index (χ0n) is 7.81. The van der Waals surface area contributed by atoms with Gasteiger partial charge in [0, 0.05) is 5.33 Å². The Morgan fingerprint density at radius 2 is 1.55 bits per heavy atom. The van der Waals surface area contributed by atoms with Gasteiger partial charge in [-0.25, -0.2) is 0 Å². The summed E-state index contributed by atoms with van der Waals surface area (Å²) >= 11 is 3.61. The maximum Gasteiger partial charge on any atom is 0.00647 e. The van der Waals surface area contributed by atoms with Crippen molar-refractivity contribution in [2.45, 2.75) is 33.6 Å². The summed E-state index contributed by atoms with van der Waals surface area (Å²) in [7, 11) is 0. The Labute approximate surface area is 78.9 Å². The number of halogens is 1. The predicted octanol–water partition coefficient (Wildman–Crippen LogP) is 3.70. The molecule has 0 aliphatic heterocycles. The quantitative estimate of drug-likeness (QED) is 0.590. The lowest BCUT2D eigenvalue weighted by molar-refractivity contribution is 0.155. The van der Waals surface area contributed by atoms with Crippen molar-refractivity contribution in [2.24, 2.45) is 23.7 Å². The van der Waals surface area contributed by atoms with Crippen LogP contribution in [0.25, 0.3) is 0 Å². The van der Waals surface area contributed by atoms with Crippen LogP contribution in [-0.2, 0) is 0 Å². The molecule has 1 heteroatoms. The fourth-order valence-electron chi connectivity index (χ4n) is 2.58. The third-order valence-corrected chi connectivity index (χ3v) is 3.94. The highest BCUT2D eigenvalue weighted by atomic mass is 79.9. The molecule has 2 unspecified atom stereocenters. The lowest BCUT2D eigenvalue weighted by atomic mass is 9.70. The molecule has 2 atom stereocenters. The zero-order chi connectivity index (χ0) is 8.43. The fourth-order valence-corrected chi connectivity index (χ4v) is 3.86. The summed E-state index contributed by atoms with van der Waals surface area (Å²) in [5.74, 6) is 3.72. The van der Waals surface area contributed by atoms with E-state index < -0.39 is 0 Å². The maximum atomic E-state index is 3.61. The summed E-state index contributed by atoms with van der Waals surface area (Å²) in [5.41, 5.74) is 0. The second kappa shape index (κ2) is 3.93. The van der Waals surface area contributed by atoms with E-state index in [-0.39, 0.29) is 0 Å². The van der Waals surface area contributed by atoms with Crippen LogP contribution < -0.4 is 0 Å². The molecule has 11 heavy (non-hydrogen) atoms. The van der Waals surface area contributed by atoms with E-state index in [1.165, 1.54) is 18.2 Å². The van der Waals surface area contributed by atoms with E-state index >= 15 is 0 Å². The van der Waals surface area contributed by atoms with Gasteiger partial charge in [0.1, 0.15) is 0 Å². The van der Waals surface area contributed by atoms with Gasteiger partial charge in [-0.3, -0.25) is 0 Å². The molecule has 1 rings (SSSR count). The van der Waals surface area contributed by atoms with Crippen LogP contribution in [0.3, 0.4) is 0 Å². The smallest absolute Gasteiger partial charge is 0.00647 e. The van der Waals surface area contributed by atoms with Crippen molar-refractivity contribution < 1.29 is 0 Å². The normalized spacial score (nSPS) is 45.8. The standard InChI is InChI=1S/C10H19Br/c1-7-4-8(2)10(6-11)9(3)5-7/h7-10H,4-6H2,1-3H3. The molecule has 0 aromatic carbocycles. The van der Waals surface area contributed by atoms with Gasteiger partial charge in [0.15, 0.2) is 0 Å². The Hall–Kier alpha value is 0.480. The average molecular weight is 219 g/mol. The van der Waals surface area contributed by atoms with Crippen LogP contribution >= 0.6 is 15.9 Å². The maximum absolute atomic E-state index is 3.61. The van der Waals surface area contributed by atoms with Crippen LogP contribution in [0, 0.1) is 23.7 Å². The Morgan fingerprint density at radius 3 is 1.91 bits per heavy atom. The van der Waals surface area contributed by atoms with E-state index in [1.54, 1.807) is 0 Å². The van der Waals surface area contributed by atoms with Gasteiger partial charge < -0.3 is 0 Å². The molecular formula is C10H19Br. The van der Waals surface area contributed by atoms with Gasteiger partial charge in [-0.15, -0.1) is 0 Å². The van der Waals surface area contributed by atoms with E-state index in [1.807, 2.05) is 0 Å². The summed E-state index contributed by atoms with van der Waals surface area (Å²) in [6, 6.07) is 0. The summed E-state index contributed by atoms with van der Waals surface area (Å²) in [6.07, 6.45) is 2.86. The van der Waals surface area contributed by atoms with Gasteiger partial charge in [0.25, 0.3) is 0 Å². The van der Waals surface area contributed by atoms with Crippen molar-refractivity contribution in [3.8, 4) is 0 Å². The summed E-state index contributed by atoms with van der Waals surface area (Å²) < 4.78 is 0. The molecule has 1 aliphatic carbocycles. The molecule has 0 amide bonds. The van der Waals surface area contributed by atoms with Crippen LogP contribution in [-0.4, -0.2) is 5.33 Å². The highest BCUT2D eigenvalue weighted by Crippen LogP contribution is 2.38. The number of hydrogen-bond donors (Lipinski definition) is 0. The van der Waals surface area contributed by atoms with Gasteiger partial charge in [-0.05, 0) is 36.5 Å². The SMILES string of the molecule is CC1CC(C)C(CBr)C(C)C1. The third-order valence-electron chi connectivity index (χ3n) is 3.19. The minimum atomic E-state index is 0.922. The Bertz CT molecular complexity index is 110. The predicted molar refractivity (Wildman–Crippen MR) is 54.0 cm³/mol. The fraction of sp³-hybridized carbons (Fsp3) is 1.00. The minimum absolute atomic E-state index is 0.922. The molecule has 0 spiro atoms. The first-order chi connectivity index (χ1) is 5.15. The average Bonchev–Trinajstić information content (AvgIpc) is 1.85. The highest BCUT2D eigenvalue weighted by molar-refractivity contribution is 9.09. The van der Waals surface area contributed by atoms with Gasteiger partial charge >= 0.3 is 0 Å². The first-order valence-corrected chi connectivity index (χ1v) is 5.83. The molecule has 0 radical (unpaired) electrons. The molecule has 0 bridgehead atoms. The van der Waals surface area contributed by atoms with E-state index in [0.717, 1.165) is 23.7 Å². The Kier molecular flexibility index (Phi) is 3.42. The summed E-state index contributed by atoms with van der Waals surface area (Å²) in [5, 5.41) is 1.20. The van der Waals surface area contributed by atoms with Crippen molar-refractivity contribution in [3.05, 3.63) is 0 Å². The molecule has 1 aliphatic rings. The number of alkyl halides is 1.